The number of carbonyl (C=O) groups is 4. The molecule has 4 aromatic heterocycles. The van der Waals surface area contributed by atoms with Gasteiger partial charge in [0.25, 0.3) is 0 Å². The van der Waals surface area contributed by atoms with Gasteiger partial charge < -0.3 is 34.1 Å². The first kappa shape index (κ1) is 60.6. The van der Waals surface area contributed by atoms with Crippen LogP contribution >= 0.6 is 34.3 Å². The number of hydrogen-bond acceptors (Lipinski definition) is 17. The highest BCUT2D eigenvalue weighted by Gasteiger charge is 2.42. The van der Waals surface area contributed by atoms with Gasteiger partial charge >= 0.3 is 12.2 Å². The standard InChI is InChI=1S/C27H36F3N5O5S.C20H24F3N5O2S.C3H5ClO/c1-25(2,3)39-23(36)34-13-18(14-34)38-20-11-19(32-21(33-20)22-31-16(12-28)15-41-22)35(24(37)40-26(4,5)6)17-7-9-27(29,30)10-8-17;1-2-17(29)28-9-14(10-28)30-16-7-15(24-12-3-5-20(22,23)6-4-12)26-18(27-16)19-25-13(8-21)11-31-19;1-2-3(4)5/h11,15,17-18H,7-10,12-14H2,1-6H3;7,11-12,14H,2-6,8-10H2,1H3,(H,24,26,27);2H2,1H3. The Bertz CT molecular complexity index is 2640. The molecular weight excluding hydrogens is 1080 g/mol. The second-order valence-electron chi connectivity index (χ2n) is 20.8. The van der Waals surface area contributed by atoms with E-state index < -0.39 is 60.7 Å². The van der Waals surface area contributed by atoms with Gasteiger partial charge in [-0.15, -0.1) is 22.7 Å². The van der Waals surface area contributed by atoms with Gasteiger partial charge in [-0.05, 0) is 78.8 Å². The van der Waals surface area contributed by atoms with Crippen LogP contribution in [-0.4, -0.2) is 137 Å². The molecule has 0 bridgehead atoms. The number of hydrogen-bond donors (Lipinski definition) is 1. The molecule has 0 unspecified atom stereocenters. The van der Waals surface area contributed by atoms with Gasteiger partial charge in [0, 0.05) is 73.5 Å². The molecule has 4 aliphatic rings. The highest BCUT2D eigenvalue weighted by atomic mass is 35.5. The lowest BCUT2D eigenvalue weighted by atomic mass is 9.91. The molecule has 0 radical (unpaired) electrons. The molecule has 2 saturated carbocycles. The van der Waals surface area contributed by atoms with E-state index in [0.717, 1.165) is 11.3 Å². The van der Waals surface area contributed by atoms with Crippen LogP contribution in [0.3, 0.4) is 0 Å². The highest BCUT2D eigenvalue weighted by Crippen LogP contribution is 2.39. The molecule has 0 aromatic carbocycles. The molecule has 27 heteroatoms. The number of thiazole rings is 2. The summed E-state index contributed by atoms with van der Waals surface area (Å²) in [5.41, 5.74) is -0.996. The van der Waals surface area contributed by atoms with E-state index in [1.54, 1.807) is 64.8 Å². The lowest BCUT2D eigenvalue weighted by molar-refractivity contribution is -0.139. The van der Waals surface area contributed by atoms with Crippen LogP contribution in [0.25, 0.3) is 21.7 Å². The van der Waals surface area contributed by atoms with Crippen LogP contribution in [0, 0.1) is 0 Å². The SMILES string of the molecule is CC(C)(C)OC(=O)N1CC(Oc2cc(N(C(=O)OC(C)(C)C)C3CCC(F)(F)CC3)nc(-c3nc(CF)cs3)n2)C1.CCC(=O)Cl.CCC(=O)N1CC(Oc2cc(NC3CCC(F)(F)CC3)nc(-c3nc(CF)cs3)n2)C1. The number of carbonyl (C=O) groups excluding carboxylic acids is 4. The zero-order chi connectivity index (χ0) is 56.5. The average Bonchev–Trinajstić information content (AvgIpc) is 4.03. The zero-order valence-electron chi connectivity index (χ0n) is 44.2. The van der Waals surface area contributed by atoms with Gasteiger partial charge in [-0.1, -0.05) is 13.8 Å². The number of alkyl halides is 6. The highest BCUT2D eigenvalue weighted by molar-refractivity contribution is 7.13. The van der Waals surface area contributed by atoms with Crippen molar-refractivity contribution in [3.63, 3.8) is 0 Å². The Balaban J connectivity index is 0.000000236. The van der Waals surface area contributed by atoms with E-state index in [4.69, 9.17) is 30.5 Å². The van der Waals surface area contributed by atoms with Crippen molar-refractivity contribution in [2.75, 3.05) is 36.4 Å². The first-order valence-electron chi connectivity index (χ1n) is 25.3. The van der Waals surface area contributed by atoms with Crippen molar-refractivity contribution in [3.05, 3.63) is 34.3 Å². The lowest BCUT2D eigenvalue weighted by Crippen LogP contribution is -2.57. The quantitative estimate of drug-likeness (QED) is 0.0921. The molecule has 0 spiro atoms. The normalized spacial score (nSPS) is 17.8. The summed E-state index contributed by atoms with van der Waals surface area (Å²) in [7, 11) is 0. The number of anilines is 2. The van der Waals surface area contributed by atoms with Crippen molar-refractivity contribution in [1.29, 1.82) is 0 Å². The summed E-state index contributed by atoms with van der Waals surface area (Å²) in [4.78, 5) is 77.8. The molecule has 6 heterocycles. The van der Waals surface area contributed by atoms with E-state index in [0.29, 0.717) is 66.2 Å². The third kappa shape index (κ3) is 18.2. The summed E-state index contributed by atoms with van der Waals surface area (Å²) in [6.45, 7) is 14.0. The van der Waals surface area contributed by atoms with Gasteiger partial charge in [-0.2, -0.15) is 9.97 Å². The number of likely N-dealkylation sites (tertiary alicyclic amines) is 2. The fourth-order valence-corrected chi connectivity index (χ4v) is 9.44. The van der Waals surface area contributed by atoms with Crippen molar-refractivity contribution in [3.8, 4) is 33.4 Å². The average molecular weight is 1150 g/mol. The summed E-state index contributed by atoms with van der Waals surface area (Å²) in [6, 6.07) is 2.34. The molecule has 1 N–H and O–H groups in total. The van der Waals surface area contributed by atoms with Gasteiger partial charge in [-0.3, -0.25) is 14.5 Å². The van der Waals surface area contributed by atoms with E-state index in [-0.39, 0.29) is 104 Å². The van der Waals surface area contributed by atoms with Crippen LogP contribution < -0.4 is 19.7 Å². The number of aromatic nitrogens is 6. The van der Waals surface area contributed by atoms with Gasteiger partial charge in [0.1, 0.15) is 48.4 Å². The van der Waals surface area contributed by atoms with Crippen LogP contribution in [-0.2, 0) is 32.4 Å². The minimum Gasteiger partial charge on any atom is -0.470 e. The van der Waals surface area contributed by atoms with Gasteiger partial charge in [0.2, 0.25) is 34.8 Å². The van der Waals surface area contributed by atoms with Crippen molar-refractivity contribution >= 4 is 69.2 Å². The van der Waals surface area contributed by atoms with Crippen LogP contribution in [0.2, 0.25) is 0 Å². The third-order valence-corrected chi connectivity index (χ3v) is 14.0. The first-order valence-corrected chi connectivity index (χ1v) is 27.4. The molecule has 2 aliphatic carbocycles. The molecule has 18 nitrogen and oxygen atoms in total. The van der Waals surface area contributed by atoms with Gasteiger partial charge in [-0.25, -0.2) is 55.9 Å². The minimum atomic E-state index is -2.81. The number of nitrogens with one attached hydrogen (secondary N) is 1. The van der Waals surface area contributed by atoms with Crippen LogP contribution in [0.5, 0.6) is 11.8 Å². The van der Waals surface area contributed by atoms with E-state index in [1.807, 2.05) is 6.92 Å². The second-order valence-corrected chi connectivity index (χ2v) is 22.9. The number of ether oxygens (including phenoxy) is 4. The van der Waals surface area contributed by atoms with Crippen LogP contribution in [0.1, 0.15) is 131 Å². The Morgan fingerprint density at radius 1 is 0.688 bits per heavy atom. The molecule has 4 fully saturated rings. The van der Waals surface area contributed by atoms with E-state index in [9.17, 15) is 45.5 Å². The summed E-state index contributed by atoms with van der Waals surface area (Å²) >= 11 is 7.17. The predicted octanol–water partition coefficient (Wildman–Crippen LogP) is 11.6. The Kier molecular flexibility index (Phi) is 20.4. The van der Waals surface area contributed by atoms with Gasteiger partial charge in [0.05, 0.1) is 37.6 Å². The third-order valence-electron chi connectivity index (χ3n) is 12.0. The van der Waals surface area contributed by atoms with E-state index >= 15 is 0 Å². The number of rotatable bonds is 14. The van der Waals surface area contributed by atoms with Crippen molar-refractivity contribution < 1.29 is 64.5 Å². The van der Waals surface area contributed by atoms with Crippen LogP contribution in [0.4, 0.5) is 47.6 Å². The summed E-state index contributed by atoms with van der Waals surface area (Å²) < 4.78 is 104. The Morgan fingerprint density at radius 2 is 1.16 bits per heavy atom. The van der Waals surface area contributed by atoms with Crippen molar-refractivity contribution in [2.24, 2.45) is 0 Å². The van der Waals surface area contributed by atoms with Gasteiger partial charge in [0.15, 0.2) is 21.7 Å². The maximum Gasteiger partial charge on any atom is 0.416 e. The zero-order valence-corrected chi connectivity index (χ0v) is 46.6. The molecule has 3 amide bonds. The van der Waals surface area contributed by atoms with Crippen LogP contribution in [0.15, 0.2) is 22.9 Å². The summed E-state index contributed by atoms with van der Waals surface area (Å²) in [5, 5.41) is 6.82. The Morgan fingerprint density at radius 3 is 1.61 bits per heavy atom. The fourth-order valence-electron chi connectivity index (χ4n) is 7.98. The van der Waals surface area contributed by atoms with E-state index in [1.165, 1.54) is 32.6 Å². The van der Waals surface area contributed by atoms with Crippen molar-refractivity contribution in [1.82, 2.24) is 39.7 Å². The summed E-state index contributed by atoms with van der Waals surface area (Å²) in [5.74, 6) is -4.05. The molecule has 77 heavy (non-hydrogen) atoms. The lowest BCUT2D eigenvalue weighted by Gasteiger charge is -2.39. The molecule has 2 saturated heterocycles. The maximum absolute atomic E-state index is 14.0. The first-order chi connectivity index (χ1) is 36.1. The topological polar surface area (TPSA) is 204 Å². The molecule has 0 atom stereocenters. The second kappa shape index (κ2) is 25.9. The molecule has 8 rings (SSSR count). The monoisotopic (exact) mass is 1150 g/mol. The summed E-state index contributed by atoms with van der Waals surface area (Å²) in [6.07, 6.45) is -1.27. The minimum absolute atomic E-state index is 0.0402. The van der Waals surface area contributed by atoms with E-state index in [2.05, 4.69) is 35.2 Å². The molecule has 424 valence electrons. The number of halogens is 7. The largest absolute Gasteiger partial charge is 0.470 e. The Labute approximate surface area is 456 Å². The number of nitrogens with zero attached hydrogens (tertiary/aromatic N) is 9. The maximum atomic E-state index is 14.0. The van der Waals surface area contributed by atoms with Crippen molar-refractivity contribution in [2.45, 2.75) is 180 Å². The Hall–Kier alpha value is -5.63. The molecular formula is C50H65ClF6N10O8S2. The predicted molar refractivity (Wildman–Crippen MR) is 277 cm³/mol. The molecule has 4 aromatic rings. The fraction of sp³-hybridized carbons (Fsp3) is 0.640. The molecule has 2 aliphatic heterocycles. The number of amides is 3. The smallest absolute Gasteiger partial charge is 0.416 e.